The number of aromatic nitrogens is 3. The van der Waals surface area contributed by atoms with Gasteiger partial charge < -0.3 is 19.9 Å². The van der Waals surface area contributed by atoms with Crippen molar-refractivity contribution in [2.45, 2.75) is 20.0 Å². The molecule has 4 aromatic rings. The summed E-state index contributed by atoms with van der Waals surface area (Å²) in [5, 5.41) is 10.9. The molecule has 3 aromatic heterocycles. The van der Waals surface area contributed by atoms with Crippen molar-refractivity contribution < 1.29 is 14.1 Å². The second kappa shape index (κ2) is 8.27. The van der Waals surface area contributed by atoms with Crippen molar-refractivity contribution in [2.24, 2.45) is 0 Å². The van der Waals surface area contributed by atoms with Crippen molar-refractivity contribution in [2.75, 3.05) is 12.4 Å². The monoisotopic (exact) mass is 409 g/mol. The van der Waals surface area contributed by atoms with E-state index in [0.29, 0.717) is 29.5 Å². The number of anilines is 1. The normalized spacial score (nSPS) is 10.8. The summed E-state index contributed by atoms with van der Waals surface area (Å²) in [5.74, 6) is 1.32. The molecule has 2 N–H and O–H groups in total. The fourth-order valence-corrected chi connectivity index (χ4v) is 4.04. The number of methoxy groups -OCH3 is 1. The molecule has 0 bridgehead atoms. The molecule has 0 atom stereocenters. The number of hydrogen-bond acceptors (Lipinski definition) is 8. The lowest BCUT2D eigenvalue weighted by Crippen LogP contribution is -2.22. The maximum atomic E-state index is 12.6. The number of fused-ring (bicyclic) bond motifs is 1. The molecule has 0 unspecified atom stereocenters. The first kappa shape index (κ1) is 18.9. The van der Waals surface area contributed by atoms with E-state index in [1.54, 1.807) is 13.2 Å². The number of nitrogens with one attached hydrogen (secondary N) is 2. The molecule has 1 aromatic carbocycles. The summed E-state index contributed by atoms with van der Waals surface area (Å²) >= 11 is 1.34. The number of carbonyl (C=O) groups excluding carboxylic acids is 1. The van der Waals surface area contributed by atoms with Gasteiger partial charge in [-0.05, 0) is 30.2 Å². The van der Waals surface area contributed by atoms with Crippen LogP contribution in [0.25, 0.3) is 10.2 Å². The number of aryl methyl sites for hydroxylation is 1. The quantitative estimate of drug-likeness (QED) is 0.481. The average Bonchev–Trinajstić information content (AvgIpc) is 3.39. The second-order valence-electron chi connectivity index (χ2n) is 6.34. The molecular weight excluding hydrogens is 390 g/mol. The SMILES string of the molecule is COc1cccc(CNc2ncnc3sc(C(=O)NCc4ccon4)c(C)c23)c1. The molecule has 3 heterocycles. The summed E-state index contributed by atoms with van der Waals surface area (Å²) < 4.78 is 10.1. The minimum absolute atomic E-state index is 0.174. The van der Waals surface area contributed by atoms with Crippen LogP contribution in [0.4, 0.5) is 5.82 Å². The van der Waals surface area contributed by atoms with Crippen molar-refractivity contribution in [3.63, 3.8) is 0 Å². The number of nitrogens with zero attached hydrogens (tertiary/aromatic N) is 3. The van der Waals surface area contributed by atoms with E-state index in [2.05, 4.69) is 25.8 Å². The third kappa shape index (κ3) is 4.04. The van der Waals surface area contributed by atoms with Gasteiger partial charge in [-0.15, -0.1) is 11.3 Å². The highest BCUT2D eigenvalue weighted by Crippen LogP contribution is 2.33. The van der Waals surface area contributed by atoms with E-state index in [1.165, 1.54) is 23.9 Å². The summed E-state index contributed by atoms with van der Waals surface area (Å²) in [7, 11) is 1.64. The van der Waals surface area contributed by atoms with E-state index in [9.17, 15) is 4.79 Å². The fraction of sp³-hybridized carbons (Fsp3) is 0.200. The van der Waals surface area contributed by atoms with Gasteiger partial charge in [0.2, 0.25) is 0 Å². The highest BCUT2D eigenvalue weighted by Gasteiger charge is 2.19. The third-order valence-electron chi connectivity index (χ3n) is 4.45. The molecule has 0 saturated carbocycles. The van der Waals surface area contributed by atoms with E-state index in [4.69, 9.17) is 9.26 Å². The van der Waals surface area contributed by atoms with E-state index in [0.717, 1.165) is 27.1 Å². The van der Waals surface area contributed by atoms with Gasteiger partial charge in [0.15, 0.2) is 0 Å². The Bertz CT molecular complexity index is 1140. The average molecular weight is 409 g/mol. The summed E-state index contributed by atoms with van der Waals surface area (Å²) in [5.41, 5.74) is 2.57. The second-order valence-corrected chi connectivity index (χ2v) is 7.34. The molecule has 148 valence electrons. The summed E-state index contributed by atoms with van der Waals surface area (Å²) in [4.78, 5) is 22.7. The molecule has 0 aliphatic heterocycles. The Morgan fingerprint density at radius 2 is 2.14 bits per heavy atom. The van der Waals surface area contributed by atoms with Crippen LogP contribution in [0.5, 0.6) is 5.75 Å². The Balaban J connectivity index is 1.55. The standard InChI is InChI=1S/C20H19N5O3S/c1-12-16-18(21-9-13-4-3-5-15(8-13)27-2)23-11-24-20(16)29-17(12)19(26)22-10-14-6-7-28-25-14/h3-8,11H,9-10H2,1-2H3,(H,22,26)(H,21,23,24). The van der Waals surface area contributed by atoms with Crippen LogP contribution in [-0.4, -0.2) is 28.1 Å². The molecule has 0 aliphatic rings. The van der Waals surface area contributed by atoms with Gasteiger partial charge in [0, 0.05) is 12.6 Å². The minimum atomic E-state index is -0.174. The van der Waals surface area contributed by atoms with Gasteiger partial charge >= 0.3 is 0 Å². The van der Waals surface area contributed by atoms with Crippen LogP contribution in [0.1, 0.15) is 26.5 Å². The maximum absolute atomic E-state index is 12.6. The van der Waals surface area contributed by atoms with Crippen molar-refractivity contribution in [1.82, 2.24) is 20.4 Å². The van der Waals surface area contributed by atoms with Crippen LogP contribution in [0.2, 0.25) is 0 Å². The topological polar surface area (TPSA) is 102 Å². The van der Waals surface area contributed by atoms with Crippen LogP contribution < -0.4 is 15.4 Å². The molecule has 0 saturated heterocycles. The first-order valence-electron chi connectivity index (χ1n) is 8.94. The van der Waals surface area contributed by atoms with Gasteiger partial charge in [-0.25, -0.2) is 9.97 Å². The molecule has 4 rings (SSSR count). The largest absolute Gasteiger partial charge is 0.497 e. The van der Waals surface area contributed by atoms with Crippen LogP contribution >= 0.6 is 11.3 Å². The van der Waals surface area contributed by atoms with E-state index >= 15 is 0 Å². The van der Waals surface area contributed by atoms with E-state index in [-0.39, 0.29) is 5.91 Å². The molecule has 0 radical (unpaired) electrons. The number of benzene rings is 1. The lowest BCUT2D eigenvalue weighted by Gasteiger charge is -2.08. The Kier molecular flexibility index (Phi) is 5.39. The first-order chi connectivity index (χ1) is 14.2. The number of rotatable bonds is 7. The zero-order valence-corrected chi connectivity index (χ0v) is 16.7. The highest BCUT2D eigenvalue weighted by molar-refractivity contribution is 7.20. The van der Waals surface area contributed by atoms with Gasteiger partial charge in [-0.1, -0.05) is 17.3 Å². The number of ether oxygens (including phenoxy) is 1. The summed E-state index contributed by atoms with van der Waals surface area (Å²) in [6.07, 6.45) is 2.98. The lowest BCUT2D eigenvalue weighted by molar-refractivity contribution is 0.0953. The molecule has 0 aliphatic carbocycles. The van der Waals surface area contributed by atoms with Crippen molar-refractivity contribution in [3.05, 3.63) is 64.6 Å². The summed E-state index contributed by atoms with van der Waals surface area (Å²) in [6, 6.07) is 9.54. The zero-order chi connectivity index (χ0) is 20.2. The third-order valence-corrected chi connectivity index (χ3v) is 5.65. The van der Waals surface area contributed by atoms with Crippen molar-refractivity contribution in [3.8, 4) is 5.75 Å². The summed E-state index contributed by atoms with van der Waals surface area (Å²) in [6.45, 7) is 2.78. The van der Waals surface area contributed by atoms with Crippen molar-refractivity contribution in [1.29, 1.82) is 0 Å². The Hall–Kier alpha value is -3.46. The molecule has 29 heavy (non-hydrogen) atoms. The molecule has 0 spiro atoms. The van der Waals surface area contributed by atoms with Crippen LogP contribution in [0, 0.1) is 6.92 Å². The predicted molar refractivity (Wildman–Crippen MR) is 110 cm³/mol. The molecular formula is C20H19N5O3S. The number of carbonyl (C=O) groups is 1. The molecule has 8 nitrogen and oxygen atoms in total. The Labute approximate surface area is 170 Å². The first-order valence-corrected chi connectivity index (χ1v) is 9.75. The molecule has 1 amide bonds. The predicted octanol–water partition coefficient (Wildman–Crippen LogP) is 3.54. The van der Waals surface area contributed by atoms with Gasteiger partial charge in [0.1, 0.15) is 34.7 Å². The minimum Gasteiger partial charge on any atom is -0.497 e. The highest BCUT2D eigenvalue weighted by atomic mass is 32.1. The van der Waals surface area contributed by atoms with Gasteiger partial charge in [-0.3, -0.25) is 4.79 Å². The number of thiophene rings is 1. The van der Waals surface area contributed by atoms with Crippen LogP contribution in [-0.2, 0) is 13.1 Å². The van der Waals surface area contributed by atoms with Gasteiger partial charge in [0.25, 0.3) is 5.91 Å². The number of hydrogen-bond donors (Lipinski definition) is 2. The van der Waals surface area contributed by atoms with Crippen LogP contribution in [0.15, 0.2) is 47.4 Å². The zero-order valence-electron chi connectivity index (χ0n) is 15.9. The Morgan fingerprint density at radius 3 is 2.93 bits per heavy atom. The van der Waals surface area contributed by atoms with Gasteiger partial charge in [0.05, 0.1) is 23.9 Å². The van der Waals surface area contributed by atoms with Gasteiger partial charge in [-0.2, -0.15) is 0 Å². The number of amides is 1. The molecule has 9 heteroatoms. The fourth-order valence-electron chi connectivity index (χ4n) is 2.97. The Morgan fingerprint density at radius 1 is 1.24 bits per heavy atom. The smallest absolute Gasteiger partial charge is 0.262 e. The van der Waals surface area contributed by atoms with Crippen molar-refractivity contribution >= 4 is 33.3 Å². The molecule has 0 fully saturated rings. The lowest BCUT2D eigenvalue weighted by atomic mass is 10.2. The van der Waals surface area contributed by atoms with E-state index in [1.807, 2.05) is 31.2 Å². The van der Waals surface area contributed by atoms with Crippen LogP contribution in [0.3, 0.4) is 0 Å². The maximum Gasteiger partial charge on any atom is 0.262 e. The van der Waals surface area contributed by atoms with E-state index < -0.39 is 0 Å².